The van der Waals surface area contributed by atoms with Gasteiger partial charge in [-0.05, 0) is 69.9 Å². The number of aromatic nitrogens is 2. The van der Waals surface area contributed by atoms with Crippen molar-refractivity contribution in [1.82, 2.24) is 10.2 Å². The maximum atomic E-state index is 13.4. The molecule has 2 aliphatic carbocycles. The van der Waals surface area contributed by atoms with Gasteiger partial charge in [-0.1, -0.05) is 6.08 Å². The van der Waals surface area contributed by atoms with Crippen LogP contribution < -0.4 is 5.73 Å². The number of halogens is 5. The van der Waals surface area contributed by atoms with Gasteiger partial charge >= 0.3 is 11.8 Å². The van der Waals surface area contributed by atoms with Gasteiger partial charge in [0.15, 0.2) is 5.82 Å². The van der Waals surface area contributed by atoms with E-state index in [1.54, 1.807) is 0 Å². The van der Waals surface area contributed by atoms with Crippen molar-refractivity contribution in [3.8, 4) is 0 Å². The number of nitrogens with zero attached hydrogens (tertiary/aromatic N) is 2. The molecule has 1 heterocycles. The van der Waals surface area contributed by atoms with Gasteiger partial charge in [-0.25, -0.2) is 4.99 Å². The third-order valence-corrected chi connectivity index (χ3v) is 6.56. The fourth-order valence-corrected chi connectivity index (χ4v) is 4.40. The zero-order valence-electron chi connectivity index (χ0n) is 15.9. The second-order valence-electron chi connectivity index (χ2n) is 7.78. The lowest BCUT2D eigenvalue weighted by Crippen LogP contribution is -2.58. The molecule has 2 saturated carbocycles. The summed E-state index contributed by atoms with van der Waals surface area (Å²) in [5.41, 5.74) is 7.94. The van der Waals surface area contributed by atoms with E-state index in [2.05, 4.69) is 56.5 Å². The van der Waals surface area contributed by atoms with Crippen molar-refractivity contribution in [2.75, 3.05) is 5.75 Å². The molecule has 0 unspecified atom stereocenters. The van der Waals surface area contributed by atoms with E-state index in [1.807, 2.05) is 0 Å². The van der Waals surface area contributed by atoms with Crippen LogP contribution in [0, 0.1) is 5.92 Å². The summed E-state index contributed by atoms with van der Waals surface area (Å²) in [5.74, 6) is -7.35. The predicted octanol–water partition coefficient (Wildman–Crippen LogP) is 5.92. The Morgan fingerprint density at radius 3 is 2.66 bits per heavy atom. The lowest BCUT2D eigenvalue weighted by Gasteiger charge is -2.43. The molecule has 2 aliphatic rings. The number of alkyl halides is 4. The minimum Gasteiger partial charge on any atom is -0.387 e. The number of allylic oxidation sites excluding steroid dienone is 2. The number of thiol groups is 1. The van der Waals surface area contributed by atoms with E-state index in [-0.39, 0.29) is 18.7 Å². The van der Waals surface area contributed by atoms with Gasteiger partial charge in [0.1, 0.15) is 5.84 Å². The number of unbranched alkanes of at least 4 members (excludes halogenated alkanes) is 1. The van der Waals surface area contributed by atoms with Crippen LogP contribution in [0.25, 0.3) is 0 Å². The third kappa shape index (κ3) is 5.29. The van der Waals surface area contributed by atoms with E-state index >= 15 is 0 Å². The molecule has 0 spiro atoms. The number of nitrogens with two attached hydrogens (primary N) is 1. The molecule has 0 saturated heterocycles. The van der Waals surface area contributed by atoms with Crippen LogP contribution in [-0.2, 0) is 6.42 Å². The molecule has 3 rings (SSSR count). The Balaban J connectivity index is 1.64. The topological polar surface area (TPSA) is 67.1 Å². The molecule has 3 N–H and O–H groups in total. The molecule has 1 aromatic heterocycles. The Labute approximate surface area is 186 Å². The number of hydrogen-bond acceptors (Lipinski definition) is 3. The molecule has 0 bridgehead atoms. The summed E-state index contributed by atoms with van der Waals surface area (Å²) in [6.07, 6.45) is 6.14. The lowest BCUT2D eigenvalue weighted by molar-refractivity contribution is -0.314. The molecular weight excluding hydrogens is 519 g/mol. The van der Waals surface area contributed by atoms with E-state index in [9.17, 15) is 17.6 Å². The lowest BCUT2D eigenvalue weighted by atomic mass is 9.74. The van der Waals surface area contributed by atoms with Gasteiger partial charge < -0.3 is 5.73 Å². The number of nitrogens with one attached hydrogen (secondary N) is 1. The van der Waals surface area contributed by atoms with E-state index in [4.69, 9.17) is 5.73 Å². The van der Waals surface area contributed by atoms with Crippen LogP contribution in [-0.4, -0.2) is 33.6 Å². The molecule has 1 atom stereocenters. The summed E-state index contributed by atoms with van der Waals surface area (Å²) in [6.45, 7) is 0. The van der Waals surface area contributed by atoms with Gasteiger partial charge in [-0.15, -0.1) is 0 Å². The number of amidine groups is 1. The molecule has 162 valence electrons. The van der Waals surface area contributed by atoms with Gasteiger partial charge in [0.05, 0.1) is 0 Å². The first kappa shape index (κ1) is 22.9. The van der Waals surface area contributed by atoms with Crippen LogP contribution in [0.15, 0.2) is 14.6 Å². The largest absolute Gasteiger partial charge is 0.387 e. The highest BCUT2D eigenvalue weighted by Crippen LogP contribution is 2.56. The molecule has 0 aromatic carbocycles. The number of aliphatic imine (C=N–C) groups is 1. The summed E-state index contributed by atoms with van der Waals surface area (Å²) in [4.78, 5) is 4.33. The zero-order valence-corrected chi connectivity index (χ0v) is 19.0. The Kier molecular flexibility index (Phi) is 7.23. The number of rotatable bonds is 10. The second kappa shape index (κ2) is 9.15. The van der Waals surface area contributed by atoms with Gasteiger partial charge in [-0.2, -0.15) is 35.3 Å². The van der Waals surface area contributed by atoms with Gasteiger partial charge in [0.2, 0.25) is 0 Å². The molecule has 10 heteroatoms. The summed E-state index contributed by atoms with van der Waals surface area (Å²) in [6, 6.07) is 0. The van der Waals surface area contributed by atoms with Crippen LogP contribution in [0.5, 0.6) is 0 Å². The minimum atomic E-state index is -3.96. The predicted molar refractivity (Wildman–Crippen MR) is 118 cm³/mol. The number of hydrogen-bond donors (Lipinski definition) is 3. The average Bonchev–Trinajstić information content (AvgIpc) is 3.41. The first-order valence-electron chi connectivity index (χ1n) is 9.77. The molecule has 0 amide bonds. The van der Waals surface area contributed by atoms with Crippen molar-refractivity contribution < 1.29 is 17.6 Å². The van der Waals surface area contributed by atoms with Gasteiger partial charge in [-0.3, -0.25) is 5.10 Å². The molecule has 29 heavy (non-hydrogen) atoms. The molecule has 4 nitrogen and oxygen atoms in total. The van der Waals surface area contributed by atoms with Crippen LogP contribution >= 0.6 is 35.2 Å². The van der Waals surface area contributed by atoms with Crippen molar-refractivity contribution >= 4 is 46.9 Å². The van der Waals surface area contributed by atoms with E-state index in [0.29, 0.717) is 11.7 Å². The van der Waals surface area contributed by atoms with E-state index in [1.165, 1.54) is 3.58 Å². The zero-order chi connectivity index (χ0) is 21.2. The van der Waals surface area contributed by atoms with Crippen molar-refractivity contribution in [2.45, 2.75) is 69.1 Å². The maximum absolute atomic E-state index is 13.4. The van der Waals surface area contributed by atoms with Crippen LogP contribution in [0.2, 0.25) is 0 Å². The molecule has 0 aliphatic heterocycles. The monoisotopic (exact) mass is 544 g/mol. The average molecular weight is 544 g/mol. The van der Waals surface area contributed by atoms with Crippen molar-refractivity contribution in [3.05, 3.63) is 20.9 Å². The van der Waals surface area contributed by atoms with Crippen molar-refractivity contribution in [2.24, 2.45) is 16.6 Å². The molecule has 0 radical (unpaired) electrons. The molecule has 2 fully saturated rings. The normalized spacial score (nSPS) is 23.9. The van der Waals surface area contributed by atoms with Crippen molar-refractivity contribution in [1.29, 1.82) is 0 Å². The number of H-pyrrole nitrogens is 1. The number of aromatic amines is 1. The summed E-state index contributed by atoms with van der Waals surface area (Å²) >= 11 is 6.53. The molecule has 1 aromatic rings. The first-order chi connectivity index (χ1) is 13.7. The van der Waals surface area contributed by atoms with Crippen LogP contribution in [0.4, 0.5) is 23.4 Å². The maximum Gasteiger partial charge on any atom is 0.313 e. The minimum absolute atomic E-state index is 0.0454. The smallest absolute Gasteiger partial charge is 0.313 e. The quantitative estimate of drug-likeness (QED) is 0.0856. The highest BCUT2D eigenvalue weighted by molar-refractivity contribution is 14.1. The standard InChI is InChI=1S/C19H25F4IN4S/c20-18(21)10-12(19(18,22)23)6-7-15(25)26-17-16(11-4-5-11)14(27-28-17)9-13(24)3-1-2-8-29/h3,11-12,29H,1-2,4-10H2,(H3,25,26,27,28)/b13-3-/t12-/m1/s1. The SMILES string of the molecule is NC(CC[C@@H]1CC(F)(F)C1(F)F)=Nc1n[nH]c(C/C(I)=C/CCCS)c1C1CC1. The highest BCUT2D eigenvalue weighted by atomic mass is 127. The second-order valence-corrected chi connectivity index (χ2v) is 9.61. The Morgan fingerprint density at radius 2 is 2.07 bits per heavy atom. The summed E-state index contributed by atoms with van der Waals surface area (Å²) in [7, 11) is 0. The Bertz CT molecular complexity index is 789. The van der Waals surface area contributed by atoms with Gasteiger partial charge in [0, 0.05) is 36.4 Å². The summed E-state index contributed by atoms with van der Waals surface area (Å²) < 4.78 is 53.9. The first-order valence-corrected chi connectivity index (χ1v) is 11.5. The van der Waals surface area contributed by atoms with Crippen LogP contribution in [0.3, 0.4) is 0 Å². The summed E-state index contributed by atoms with van der Waals surface area (Å²) in [5, 5.41) is 7.32. The van der Waals surface area contributed by atoms with Crippen molar-refractivity contribution in [3.63, 3.8) is 0 Å². The Morgan fingerprint density at radius 1 is 1.34 bits per heavy atom. The molecular formula is C19H25F4IN4S. The van der Waals surface area contributed by atoms with E-state index < -0.39 is 24.2 Å². The Hall–Kier alpha value is -0.780. The third-order valence-electron chi connectivity index (χ3n) is 5.42. The van der Waals surface area contributed by atoms with E-state index in [0.717, 1.165) is 49.1 Å². The fraction of sp³-hybridized carbons (Fsp3) is 0.684. The van der Waals surface area contributed by atoms with Gasteiger partial charge in [0.25, 0.3) is 0 Å². The highest BCUT2D eigenvalue weighted by Gasteiger charge is 2.70. The fourth-order valence-electron chi connectivity index (χ4n) is 3.53. The van der Waals surface area contributed by atoms with Crippen LogP contribution in [0.1, 0.15) is 62.1 Å².